The molecule has 0 atom stereocenters. The van der Waals surface area contributed by atoms with Crippen LogP contribution in [0.4, 0.5) is 5.69 Å². The Morgan fingerprint density at radius 1 is 1.19 bits per heavy atom. The van der Waals surface area contributed by atoms with Crippen LogP contribution in [0.25, 0.3) is 11.2 Å². The molecule has 0 unspecified atom stereocenters. The summed E-state index contributed by atoms with van der Waals surface area (Å²) in [4.78, 5) is 32.7. The van der Waals surface area contributed by atoms with Gasteiger partial charge in [0.25, 0.3) is 5.56 Å². The van der Waals surface area contributed by atoms with Crippen LogP contribution < -0.4 is 21.3 Å². The van der Waals surface area contributed by atoms with Gasteiger partial charge < -0.3 is 14.6 Å². The first-order chi connectivity index (χ1) is 12.5. The molecule has 3 aromatic rings. The number of aromatic nitrogens is 4. The van der Waals surface area contributed by atoms with E-state index < -0.39 is 5.69 Å². The van der Waals surface area contributed by atoms with E-state index >= 15 is 0 Å². The fourth-order valence-electron chi connectivity index (χ4n) is 2.60. The van der Waals surface area contributed by atoms with Crippen LogP contribution in [0.3, 0.4) is 0 Å². The zero-order chi connectivity index (χ0) is 18.7. The lowest BCUT2D eigenvalue weighted by Crippen LogP contribution is -2.37. The number of imidazole rings is 1. The number of nitrogens with zero attached hydrogens (tertiary/aromatic N) is 5. The van der Waals surface area contributed by atoms with Crippen molar-refractivity contribution in [1.82, 2.24) is 18.7 Å². The molecule has 2 aromatic heterocycles. The second kappa shape index (κ2) is 8.54. The number of aryl methyl sites for hydroxylation is 1. The Bertz CT molecular complexity index is 1070. The summed E-state index contributed by atoms with van der Waals surface area (Å²) in [5, 5.41) is 3.07. The fourth-order valence-corrected chi connectivity index (χ4v) is 2.60. The molecule has 0 aliphatic heterocycles. The minimum atomic E-state index is -0.394. The standard InChI is InChI=1S/C17H20N6O3.ClH/c1-21-15-14(16(24)22(2)17(21)25)23(11-20-15)9-8-18-10-19-12-4-6-13(26-3)7-5-12;/h4-7,10-11H,8-9H2,1-3H3,(H,18,19);1H. The number of fused-ring (bicyclic) bond motifs is 1. The molecule has 1 N–H and O–H groups in total. The molecule has 0 amide bonds. The summed E-state index contributed by atoms with van der Waals surface area (Å²) in [6, 6.07) is 7.48. The molecule has 0 spiro atoms. The summed E-state index contributed by atoms with van der Waals surface area (Å²) in [6.07, 6.45) is 3.16. The fraction of sp³-hybridized carbons (Fsp3) is 0.294. The number of nitrogens with one attached hydrogen (secondary N) is 1. The van der Waals surface area contributed by atoms with E-state index in [-0.39, 0.29) is 18.0 Å². The van der Waals surface area contributed by atoms with E-state index in [1.807, 2.05) is 24.3 Å². The Hall–Kier alpha value is -3.07. The van der Waals surface area contributed by atoms with E-state index in [0.717, 1.165) is 16.0 Å². The average molecular weight is 393 g/mol. The molecular formula is C17H21ClN6O3. The predicted molar refractivity (Wildman–Crippen MR) is 107 cm³/mol. The first-order valence-corrected chi connectivity index (χ1v) is 8.02. The number of ether oxygens (including phenoxy) is 1. The predicted octanol–water partition coefficient (Wildman–Crippen LogP) is 1.00. The number of aliphatic imine (C=N–C) groups is 1. The lowest BCUT2D eigenvalue weighted by Gasteiger charge is -2.05. The molecule has 0 saturated carbocycles. The van der Waals surface area contributed by atoms with Crippen molar-refractivity contribution < 1.29 is 4.74 Å². The molecular weight excluding hydrogens is 372 g/mol. The average Bonchev–Trinajstić information content (AvgIpc) is 3.09. The normalized spacial score (nSPS) is 10.9. The van der Waals surface area contributed by atoms with E-state index in [2.05, 4.69) is 15.3 Å². The second-order valence-electron chi connectivity index (χ2n) is 5.72. The molecule has 0 radical (unpaired) electrons. The van der Waals surface area contributed by atoms with Crippen LogP contribution in [0.1, 0.15) is 0 Å². The van der Waals surface area contributed by atoms with Gasteiger partial charge in [-0.25, -0.2) is 9.78 Å². The van der Waals surface area contributed by atoms with Crippen molar-refractivity contribution in [3.8, 4) is 5.75 Å². The summed E-state index contributed by atoms with van der Waals surface area (Å²) in [7, 11) is 4.67. The maximum absolute atomic E-state index is 12.3. The van der Waals surface area contributed by atoms with Crippen LogP contribution >= 0.6 is 12.4 Å². The Labute approximate surface area is 161 Å². The number of hydrogen-bond acceptors (Lipinski definition) is 5. The van der Waals surface area contributed by atoms with Gasteiger partial charge in [0.1, 0.15) is 5.75 Å². The lowest BCUT2D eigenvalue weighted by molar-refractivity contribution is 0.415. The Balaban J connectivity index is 0.00000261. The number of halogens is 1. The molecule has 0 saturated heterocycles. The van der Waals surface area contributed by atoms with Gasteiger partial charge in [-0.15, -0.1) is 12.4 Å². The molecule has 2 heterocycles. The molecule has 0 fully saturated rings. The van der Waals surface area contributed by atoms with Crippen molar-refractivity contribution in [2.24, 2.45) is 19.1 Å². The minimum Gasteiger partial charge on any atom is -0.497 e. The molecule has 3 rings (SSSR count). The third kappa shape index (κ3) is 4.03. The lowest BCUT2D eigenvalue weighted by atomic mass is 10.3. The summed E-state index contributed by atoms with van der Waals surface area (Å²) in [5.41, 5.74) is 0.910. The Kier molecular flexibility index (Phi) is 6.40. The van der Waals surface area contributed by atoms with Crippen LogP contribution in [-0.2, 0) is 20.6 Å². The highest BCUT2D eigenvalue weighted by molar-refractivity contribution is 5.85. The monoisotopic (exact) mass is 392 g/mol. The number of benzene rings is 1. The van der Waals surface area contributed by atoms with E-state index in [9.17, 15) is 9.59 Å². The summed E-state index contributed by atoms with van der Waals surface area (Å²) >= 11 is 0. The van der Waals surface area contributed by atoms with Crippen LogP contribution in [0.2, 0.25) is 0 Å². The van der Waals surface area contributed by atoms with Crippen molar-refractivity contribution in [3.63, 3.8) is 0 Å². The van der Waals surface area contributed by atoms with Crippen molar-refractivity contribution in [2.75, 3.05) is 19.0 Å². The maximum atomic E-state index is 12.3. The van der Waals surface area contributed by atoms with E-state index in [1.165, 1.54) is 11.6 Å². The number of hydrogen-bond donors (Lipinski definition) is 1. The van der Waals surface area contributed by atoms with E-state index in [1.54, 1.807) is 31.4 Å². The van der Waals surface area contributed by atoms with E-state index in [4.69, 9.17) is 4.74 Å². The summed E-state index contributed by atoms with van der Waals surface area (Å²) in [6.45, 7) is 0.936. The zero-order valence-corrected chi connectivity index (χ0v) is 16.1. The first kappa shape index (κ1) is 20.2. The van der Waals surface area contributed by atoms with Gasteiger partial charge in [-0.1, -0.05) is 0 Å². The molecule has 0 aliphatic carbocycles. The maximum Gasteiger partial charge on any atom is 0.332 e. The molecule has 9 nitrogen and oxygen atoms in total. The molecule has 27 heavy (non-hydrogen) atoms. The van der Waals surface area contributed by atoms with Crippen molar-refractivity contribution >= 4 is 35.6 Å². The van der Waals surface area contributed by atoms with Gasteiger partial charge in [0.15, 0.2) is 11.2 Å². The largest absolute Gasteiger partial charge is 0.497 e. The summed E-state index contributed by atoms with van der Waals surface area (Å²) < 4.78 is 9.26. The molecule has 1 aromatic carbocycles. The molecule has 0 aliphatic rings. The quantitative estimate of drug-likeness (QED) is 0.499. The highest BCUT2D eigenvalue weighted by atomic mass is 35.5. The van der Waals surface area contributed by atoms with Crippen LogP contribution in [0, 0.1) is 0 Å². The SMILES string of the molecule is COc1ccc(NC=NCCn2cnc3c2c(=O)n(C)c(=O)n3C)cc1.Cl. The highest BCUT2D eigenvalue weighted by Gasteiger charge is 2.13. The zero-order valence-electron chi connectivity index (χ0n) is 15.2. The van der Waals surface area contributed by atoms with Gasteiger partial charge in [0.2, 0.25) is 0 Å². The second-order valence-corrected chi connectivity index (χ2v) is 5.72. The van der Waals surface area contributed by atoms with Gasteiger partial charge in [-0.3, -0.25) is 18.9 Å². The van der Waals surface area contributed by atoms with Crippen molar-refractivity contribution in [2.45, 2.75) is 6.54 Å². The van der Waals surface area contributed by atoms with E-state index in [0.29, 0.717) is 24.3 Å². The first-order valence-electron chi connectivity index (χ1n) is 8.02. The van der Waals surface area contributed by atoms with Crippen molar-refractivity contribution in [3.05, 3.63) is 51.4 Å². The smallest absolute Gasteiger partial charge is 0.332 e. The third-order valence-electron chi connectivity index (χ3n) is 4.10. The van der Waals surface area contributed by atoms with Crippen LogP contribution in [0.15, 0.2) is 45.2 Å². The minimum absolute atomic E-state index is 0. The molecule has 0 bridgehead atoms. The third-order valence-corrected chi connectivity index (χ3v) is 4.10. The number of rotatable bonds is 6. The number of anilines is 1. The topological polar surface area (TPSA) is 95.4 Å². The van der Waals surface area contributed by atoms with Crippen molar-refractivity contribution in [1.29, 1.82) is 0 Å². The highest BCUT2D eigenvalue weighted by Crippen LogP contribution is 2.14. The van der Waals surface area contributed by atoms with Gasteiger partial charge in [-0.2, -0.15) is 0 Å². The summed E-state index contributed by atoms with van der Waals surface area (Å²) in [5.74, 6) is 0.787. The molecule has 10 heteroatoms. The number of methoxy groups -OCH3 is 1. The van der Waals surface area contributed by atoms with Crippen LogP contribution in [-0.4, -0.2) is 38.7 Å². The Morgan fingerprint density at radius 3 is 2.56 bits per heavy atom. The Morgan fingerprint density at radius 2 is 1.89 bits per heavy atom. The van der Waals surface area contributed by atoms with Gasteiger partial charge in [0.05, 0.1) is 26.3 Å². The van der Waals surface area contributed by atoms with Gasteiger partial charge >= 0.3 is 5.69 Å². The molecule has 144 valence electrons. The van der Waals surface area contributed by atoms with Crippen LogP contribution in [0.5, 0.6) is 5.75 Å². The van der Waals surface area contributed by atoms with Gasteiger partial charge in [0, 0.05) is 26.3 Å². The van der Waals surface area contributed by atoms with Gasteiger partial charge in [-0.05, 0) is 24.3 Å².